The Bertz CT molecular complexity index is 906. The Labute approximate surface area is 151 Å². The van der Waals surface area contributed by atoms with Gasteiger partial charge in [0.25, 0.3) is 11.6 Å². The molecule has 0 aliphatic rings. The highest BCUT2D eigenvalue weighted by Gasteiger charge is 2.24. The maximum absolute atomic E-state index is 12.2. The molecule has 0 fully saturated rings. The highest BCUT2D eigenvalue weighted by Crippen LogP contribution is 2.29. The number of hydrogen-bond acceptors (Lipinski definition) is 9. The molecule has 0 saturated carbocycles. The first kappa shape index (κ1) is 19.4. The lowest BCUT2D eigenvalue weighted by Gasteiger charge is -2.14. The SMILES string of the molecule is COc1ccc([N+](=O)[O-])cc1NC(=O)[C@@H](C)OC(=O)c1ccc([N+](=O)[O-])o1. The first-order valence-electron chi connectivity index (χ1n) is 7.31. The largest absolute Gasteiger partial charge is 0.495 e. The van der Waals surface area contributed by atoms with Crippen LogP contribution in [0.3, 0.4) is 0 Å². The van der Waals surface area contributed by atoms with E-state index in [1.807, 2.05) is 0 Å². The van der Waals surface area contributed by atoms with Crippen LogP contribution in [-0.4, -0.2) is 34.9 Å². The van der Waals surface area contributed by atoms with E-state index in [0.29, 0.717) is 0 Å². The molecule has 2 aromatic rings. The molecule has 0 unspecified atom stereocenters. The van der Waals surface area contributed by atoms with Gasteiger partial charge in [-0.2, -0.15) is 0 Å². The quantitative estimate of drug-likeness (QED) is 0.431. The summed E-state index contributed by atoms with van der Waals surface area (Å²) in [5, 5.41) is 23.7. The molecular weight excluding hydrogens is 366 g/mol. The van der Waals surface area contributed by atoms with E-state index >= 15 is 0 Å². The lowest BCUT2D eigenvalue weighted by atomic mass is 10.2. The fraction of sp³-hybridized carbons (Fsp3) is 0.200. The molecule has 1 aromatic heterocycles. The molecule has 1 atom stereocenters. The van der Waals surface area contributed by atoms with Crippen molar-refractivity contribution in [1.82, 2.24) is 0 Å². The number of rotatable bonds is 7. The van der Waals surface area contributed by atoms with Gasteiger partial charge in [-0.25, -0.2) is 4.79 Å². The maximum atomic E-state index is 12.2. The monoisotopic (exact) mass is 379 g/mol. The number of nitro benzene ring substituents is 1. The number of nitro groups is 2. The third kappa shape index (κ3) is 4.56. The van der Waals surface area contributed by atoms with E-state index in [1.165, 1.54) is 26.2 Å². The molecule has 1 heterocycles. The average Bonchev–Trinajstić information content (AvgIpc) is 3.12. The summed E-state index contributed by atoms with van der Waals surface area (Å²) in [4.78, 5) is 44.0. The van der Waals surface area contributed by atoms with Gasteiger partial charge in [-0.1, -0.05) is 0 Å². The van der Waals surface area contributed by atoms with Gasteiger partial charge in [-0.05, 0) is 19.1 Å². The first-order valence-corrected chi connectivity index (χ1v) is 7.31. The molecule has 12 heteroatoms. The zero-order valence-electron chi connectivity index (χ0n) is 14.0. The number of nitrogens with one attached hydrogen (secondary N) is 1. The zero-order valence-corrected chi connectivity index (χ0v) is 14.0. The molecule has 0 aliphatic carbocycles. The van der Waals surface area contributed by atoms with E-state index in [1.54, 1.807) is 0 Å². The summed E-state index contributed by atoms with van der Waals surface area (Å²) in [5.74, 6) is -2.83. The maximum Gasteiger partial charge on any atom is 0.433 e. The second-order valence-corrected chi connectivity index (χ2v) is 5.07. The number of anilines is 1. The topological polar surface area (TPSA) is 164 Å². The molecule has 142 valence electrons. The Morgan fingerprint density at radius 1 is 1.15 bits per heavy atom. The standard InChI is InChI=1S/C15H13N3O9/c1-8(26-15(20)12-5-6-13(27-12)18(23)24)14(19)16-10-7-9(17(21)22)3-4-11(10)25-2/h3-8H,1-2H3,(H,16,19)/t8-/m1/s1. The van der Waals surface area contributed by atoms with Crippen LogP contribution in [0.4, 0.5) is 17.3 Å². The number of non-ortho nitro benzene ring substituents is 1. The van der Waals surface area contributed by atoms with Crippen LogP contribution in [0.5, 0.6) is 5.75 Å². The second-order valence-electron chi connectivity index (χ2n) is 5.07. The summed E-state index contributed by atoms with van der Waals surface area (Å²) in [6.45, 7) is 1.24. The summed E-state index contributed by atoms with van der Waals surface area (Å²) < 4.78 is 14.6. The summed E-state index contributed by atoms with van der Waals surface area (Å²) in [5.41, 5.74) is -0.271. The van der Waals surface area contributed by atoms with Crippen LogP contribution >= 0.6 is 0 Å². The van der Waals surface area contributed by atoms with Crippen LogP contribution in [0, 0.1) is 20.2 Å². The summed E-state index contributed by atoms with van der Waals surface area (Å²) in [7, 11) is 1.31. The van der Waals surface area contributed by atoms with Gasteiger partial charge < -0.3 is 19.2 Å². The molecule has 12 nitrogen and oxygen atoms in total. The molecule has 0 radical (unpaired) electrons. The van der Waals surface area contributed by atoms with E-state index in [2.05, 4.69) is 9.73 Å². The molecule has 1 N–H and O–H groups in total. The van der Waals surface area contributed by atoms with E-state index in [-0.39, 0.29) is 17.1 Å². The third-order valence-corrected chi connectivity index (χ3v) is 3.28. The van der Waals surface area contributed by atoms with Crippen LogP contribution in [0.1, 0.15) is 17.5 Å². The van der Waals surface area contributed by atoms with E-state index < -0.39 is 39.5 Å². The number of ether oxygens (including phenoxy) is 2. The van der Waals surface area contributed by atoms with Crippen LogP contribution < -0.4 is 10.1 Å². The number of methoxy groups -OCH3 is 1. The lowest BCUT2D eigenvalue weighted by molar-refractivity contribution is -0.402. The van der Waals surface area contributed by atoms with Crippen molar-refractivity contribution in [1.29, 1.82) is 0 Å². The summed E-state index contributed by atoms with van der Waals surface area (Å²) >= 11 is 0. The van der Waals surface area contributed by atoms with E-state index in [9.17, 15) is 29.8 Å². The van der Waals surface area contributed by atoms with Gasteiger partial charge in [0.05, 0.1) is 23.8 Å². The Morgan fingerprint density at radius 2 is 1.85 bits per heavy atom. The Balaban J connectivity index is 2.08. The summed E-state index contributed by atoms with van der Waals surface area (Å²) in [6, 6.07) is 5.58. The number of carbonyl (C=O) groups is 2. The molecule has 0 bridgehead atoms. The molecule has 0 saturated heterocycles. The molecule has 1 amide bonds. The van der Waals surface area contributed by atoms with Crippen molar-refractivity contribution in [2.24, 2.45) is 0 Å². The van der Waals surface area contributed by atoms with Gasteiger partial charge in [0, 0.05) is 12.1 Å². The number of hydrogen-bond donors (Lipinski definition) is 1. The minimum Gasteiger partial charge on any atom is -0.495 e. The van der Waals surface area contributed by atoms with Crippen LogP contribution in [0.25, 0.3) is 0 Å². The molecule has 27 heavy (non-hydrogen) atoms. The van der Waals surface area contributed by atoms with Crippen LogP contribution in [0.2, 0.25) is 0 Å². The van der Waals surface area contributed by atoms with Gasteiger partial charge >= 0.3 is 11.9 Å². The van der Waals surface area contributed by atoms with Crippen molar-refractivity contribution in [3.05, 3.63) is 56.3 Å². The highest BCUT2D eigenvalue weighted by atomic mass is 16.7. The van der Waals surface area contributed by atoms with Crippen molar-refractivity contribution in [2.75, 3.05) is 12.4 Å². The van der Waals surface area contributed by atoms with E-state index in [0.717, 1.165) is 18.2 Å². The van der Waals surface area contributed by atoms with Crippen molar-refractivity contribution >= 4 is 29.1 Å². The summed E-state index contributed by atoms with van der Waals surface area (Å²) in [6.07, 6.45) is -1.33. The van der Waals surface area contributed by atoms with Crippen LogP contribution in [-0.2, 0) is 9.53 Å². The van der Waals surface area contributed by atoms with Gasteiger partial charge in [0.15, 0.2) is 6.10 Å². The fourth-order valence-corrected chi connectivity index (χ4v) is 1.95. The number of esters is 1. The molecule has 2 rings (SSSR count). The van der Waals surface area contributed by atoms with Gasteiger partial charge in [-0.15, -0.1) is 0 Å². The molecule has 1 aromatic carbocycles. The second kappa shape index (κ2) is 7.95. The van der Waals surface area contributed by atoms with E-state index in [4.69, 9.17) is 9.47 Å². The molecule has 0 spiro atoms. The van der Waals surface area contributed by atoms with Crippen molar-refractivity contribution in [3.8, 4) is 5.75 Å². The minimum atomic E-state index is -1.33. The minimum absolute atomic E-state index is 0.00763. The van der Waals surface area contributed by atoms with Crippen LogP contribution in [0.15, 0.2) is 34.7 Å². The van der Waals surface area contributed by atoms with Gasteiger partial charge in [-0.3, -0.25) is 25.0 Å². The smallest absolute Gasteiger partial charge is 0.433 e. The fourth-order valence-electron chi connectivity index (χ4n) is 1.95. The Kier molecular flexibility index (Phi) is 5.70. The molecule has 0 aliphatic heterocycles. The third-order valence-electron chi connectivity index (χ3n) is 3.28. The first-order chi connectivity index (χ1) is 12.7. The number of benzene rings is 1. The number of amides is 1. The van der Waals surface area contributed by atoms with Gasteiger partial charge in [0.1, 0.15) is 10.7 Å². The number of nitrogens with zero attached hydrogens (tertiary/aromatic N) is 2. The van der Waals surface area contributed by atoms with Gasteiger partial charge in [0.2, 0.25) is 5.76 Å². The van der Waals surface area contributed by atoms with Crippen molar-refractivity contribution in [2.45, 2.75) is 13.0 Å². The zero-order chi connectivity index (χ0) is 20.1. The predicted molar refractivity (Wildman–Crippen MR) is 88.5 cm³/mol. The highest BCUT2D eigenvalue weighted by molar-refractivity contribution is 5.97. The Morgan fingerprint density at radius 3 is 2.41 bits per heavy atom. The number of furan rings is 1. The van der Waals surface area contributed by atoms with Crippen molar-refractivity contribution < 1.29 is 33.3 Å². The average molecular weight is 379 g/mol. The lowest BCUT2D eigenvalue weighted by Crippen LogP contribution is -2.30. The Hall–Kier alpha value is -3.96. The molecular formula is C15H13N3O9. The van der Waals surface area contributed by atoms with Crippen molar-refractivity contribution in [3.63, 3.8) is 0 Å². The normalized spacial score (nSPS) is 11.3. The predicted octanol–water partition coefficient (Wildman–Crippen LogP) is 2.29. The number of carbonyl (C=O) groups excluding carboxylic acids is 2.